The Labute approximate surface area is 108 Å². The molecule has 0 aromatic heterocycles. The minimum atomic E-state index is -0.0432. The van der Waals surface area contributed by atoms with Crippen LogP contribution in [0.5, 0.6) is 0 Å². The average molecular weight is 247 g/mol. The maximum atomic E-state index is 11.4. The summed E-state index contributed by atoms with van der Waals surface area (Å²) in [5.41, 5.74) is 7.94. The molecule has 2 unspecified atom stereocenters. The maximum absolute atomic E-state index is 11.4. The second kappa shape index (κ2) is 5.50. The van der Waals surface area contributed by atoms with E-state index in [1.54, 1.807) is 7.05 Å². The van der Waals surface area contributed by atoms with E-state index in [0.717, 1.165) is 19.6 Å². The summed E-state index contributed by atoms with van der Waals surface area (Å²) < 4.78 is 0. The van der Waals surface area contributed by atoms with E-state index >= 15 is 0 Å². The Morgan fingerprint density at radius 2 is 2.06 bits per heavy atom. The van der Waals surface area contributed by atoms with Gasteiger partial charge in [-0.1, -0.05) is 19.1 Å². The summed E-state index contributed by atoms with van der Waals surface area (Å²) in [6.07, 6.45) is 0. The standard InChI is InChI=1S/C14H21N3O/c1-10-7-17(9-13(10)15)8-11-3-5-12(6-4-11)14(18)16-2/h3-6,10,13H,7-9,15H2,1-2H3,(H,16,18). The van der Waals surface area contributed by atoms with Crippen molar-refractivity contribution in [1.82, 2.24) is 10.2 Å². The topological polar surface area (TPSA) is 58.4 Å². The van der Waals surface area contributed by atoms with Crippen LogP contribution in [-0.2, 0) is 6.54 Å². The number of benzene rings is 1. The fourth-order valence-corrected chi connectivity index (χ4v) is 2.39. The third-order valence-corrected chi connectivity index (χ3v) is 3.60. The van der Waals surface area contributed by atoms with Crippen LogP contribution in [0.1, 0.15) is 22.8 Å². The number of amides is 1. The molecule has 1 aromatic carbocycles. The number of likely N-dealkylation sites (tertiary alicyclic amines) is 1. The van der Waals surface area contributed by atoms with Gasteiger partial charge in [0.05, 0.1) is 0 Å². The van der Waals surface area contributed by atoms with E-state index in [1.165, 1.54) is 5.56 Å². The minimum Gasteiger partial charge on any atom is -0.355 e. The Balaban J connectivity index is 1.97. The number of rotatable bonds is 3. The second-order valence-electron chi connectivity index (χ2n) is 5.11. The van der Waals surface area contributed by atoms with E-state index in [1.807, 2.05) is 24.3 Å². The van der Waals surface area contributed by atoms with Crippen LogP contribution in [0.4, 0.5) is 0 Å². The molecule has 0 saturated carbocycles. The fourth-order valence-electron chi connectivity index (χ4n) is 2.39. The number of nitrogens with zero attached hydrogens (tertiary/aromatic N) is 1. The summed E-state index contributed by atoms with van der Waals surface area (Å²) in [4.78, 5) is 13.8. The van der Waals surface area contributed by atoms with Crippen molar-refractivity contribution in [2.75, 3.05) is 20.1 Å². The summed E-state index contributed by atoms with van der Waals surface area (Å²) in [5, 5.41) is 2.62. The van der Waals surface area contributed by atoms with Gasteiger partial charge in [-0.15, -0.1) is 0 Å². The normalized spacial score (nSPS) is 24.2. The molecule has 1 saturated heterocycles. The molecule has 0 spiro atoms. The zero-order valence-corrected chi connectivity index (χ0v) is 11.0. The van der Waals surface area contributed by atoms with Crippen LogP contribution in [0.3, 0.4) is 0 Å². The van der Waals surface area contributed by atoms with Gasteiger partial charge in [-0.05, 0) is 23.6 Å². The molecule has 98 valence electrons. The molecule has 1 aromatic rings. The lowest BCUT2D eigenvalue weighted by Gasteiger charge is -2.15. The molecule has 0 aliphatic carbocycles. The van der Waals surface area contributed by atoms with E-state index in [4.69, 9.17) is 5.73 Å². The molecular formula is C14H21N3O. The Morgan fingerprint density at radius 3 is 2.56 bits per heavy atom. The van der Waals surface area contributed by atoms with Crippen molar-refractivity contribution in [1.29, 1.82) is 0 Å². The van der Waals surface area contributed by atoms with Crippen LogP contribution in [0.15, 0.2) is 24.3 Å². The number of carbonyl (C=O) groups is 1. The molecule has 1 amide bonds. The Bertz CT molecular complexity index is 406. The van der Waals surface area contributed by atoms with Crippen LogP contribution in [0, 0.1) is 5.92 Å². The highest BCUT2D eigenvalue weighted by Gasteiger charge is 2.26. The zero-order valence-electron chi connectivity index (χ0n) is 11.0. The Kier molecular flexibility index (Phi) is 3.99. The van der Waals surface area contributed by atoms with Crippen molar-refractivity contribution in [3.05, 3.63) is 35.4 Å². The van der Waals surface area contributed by atoms with Crippen LogP contribution >= 0.6 is 0 Å². The first kappa shape index (κ1) is 13.1. The van der Waals surface area contributed by atoms with Gasteiger partial charge in [0.1, 0.15) is 0 Å². The predicted octanol–water partition coefficient (Wildman–Crippen LogP) is 0.825. The molecule has 18 heavy (non-hydrogen) atoms. The van der Waals surface area contributed by atoms with E-state index in [9.17, 15) is 4.79 Å². The molecule has 1 fully saturated rings. The van der Waals surface area contributed by atoms with Crippen molar-refractivity contribution in [2.24, 2.45) is 11.7 Å². The first-order valence-corrected chi connectivity index (χ1v) is 6.39. The average Bonchev–Trinajstić information content (AvgIpc) is 2.68. The lowest BCUT2D eigenvalue weighted by Crippen LogP contribution is -2.28. The largest absolute Gasteiger partial charge is 0.355 e. The van der Waals surface area contributed by atoms with Crippen molar-refractivity contribution in [3.63, 3.8) is 0 Å². The molecule has 4 nitrogen and oxygen atoms in total. The first-order chi connectivity index (χ1) is 8.60. The van der Waals surface area contributed by atoms with Crippen LogP contribution in [0.2, 0.25) is 0 Å². The van der Waals surface area contributed by atoms with Crippen LogP contribution < -0.4 is 11.1 Å². The number of hydrogen-bond donors (Lipinski definition) is 2. The van der Waals surface area contributed by atoms with Gasteiger partial charge in [-0.3, -0.25) is 9.69 Å². The molecule has 3 N–H and O–H groups in total. The highest BCUT2D eigenvalue weighted by Crippen LogP contribution is 2.17. The van der Waals surface area contributed by atoms with Gasteiger partial charge in [-0.25, -0.2) is 0 Å². The van der Waals surface area contributed by atoms with Gasteiger partial charge >= 0.3 is 0 Å². The van der Waals surface area contributed by atoms with Crippen molar-refractivity contribution < 1.29 is 4.79 Å². The summed E-state index contributed by atoms with van der Waals surface area (Å²) >= 11 is 0. The molecule has 0 radical (unpaired) electrons. The summed E-state index contributed by atoms with van der Waals surface area (Å²) in [6.45, 7) is 5.11. The summed E-state index contributed by atoms with van der Waals surface area (Å²) in [5.74, 6) is 0.522. The molecule has 0 bridgehead atoms. The minimum absolute atomic E-state index is 0.0432. The van der Waals surface area contributed by atoms with E-state index in [0.29, 0.717) is 11.5 Å². The molecule has 2 rings (SSSR count). The Hall–Kier alpha value is -1.39. The molecule has 1 aliphatic heterocycles. The van der Waals surface area contributed by atoms with Gasteiger partial charge < -0.3 is 11.1 Å². The zero-order chi connectivity index (χ0) is 13.1. The van der Waals surface area contributed by atoms with Crippen LogP contribution in [0.25, 0.3) is 0 Å². The molecule has 4 heteroatoms. The van der Waals surface area contributed by atoms with Gasteiger partial charge in [0.15, 0.2) is 0 Å². The lowest BCUT2D eigenvalue weighted by atomic mass is 10.1. The second-order valence-corrected chi connectivity index (χ2v) is 5.11. The number of carbonyl (C=O) groups excluding carboxylic acids is 1. The van der Waals surface area contributed by atoms with Crippen molar-refractivity contribution in [3.8, 4) is 0 Å². The van der Waals surface area contributed by atoms with E-state index in [2.05, 4.69) is 17.1 Å². The molecular weight excluding hydrogens is 226 g/mol. The smallest absolute Gasteiger partial charge is 0.251 e. The van der Waals surface area contributed by atoms with Crippen molar-refractivity contribution >= 4 is 5.91 Å². The number of nitrogens with two attached hydrogens (primary N) is 1. The lowest BCUT2D eigenvalue weighted by molar-refractivity contribution is 0.0963. The highest BCUT2D eigenvalue weighted by atomic mass is 16.1. The van der Waals surface area contributed by atoms with Gasteiger partial charge in [0.25, 0.3) is 5.91 Å². The third-order valence-electron chi connectivity index (χ3n) is 3.60. The summed E-state index contributed by atoms with van der Waals surface area (Å²) in [6, 6.07) is 8.05. The first-order valence-electron chi connectivity index (χ1n) is 6.39. The number of nitrogens with one attached hydrogen (secondary N) is 1. The van der Waals surface area contributed by atoms with Crippen molar-refractivity contribution in [2.45, 2.75) is 19.5 Å². The van der Waals surface area contributed by atoms with Gasteiger partial charge in [0.2, 0.25) is 0 Å². The molecule has 1 aliphatic rings. The SMILES string of the molecule is CNC(=O)c1ccc(CN2CC(C)C(N)C2)cc1. The maximum Gasteiger partial charge on any atom is 0.251 e. The van der Waals surface area contributed by atoms with E-state index in [-0.39, 0.29) is 11.9 Å². The van der Waals surface area contributed by atoms with Crippen LogP contribution in [-0.4, -0.2) is 37.0 Å². The molecule has 1 heterocycles. The quantitative estimate of drug-likeness (QED) is 0.831. The van der Waals surface area contributed by atoms with Gasteiger partial charge in [0, 0.05) is 38.3 Å². The van der Waals surface area contributed by atoms with E-state index < -0.39 is 0 Å². The fraction of sp³-hybridized carbons (Fsp3) is 0.500. The third kappa shape index (κ3) is 2.89. The Morgan fingerprint density at radius 1 is 1.39 bits per heavy atom. The monoisotopic (exact) mass is 247 g/mol. The van der Waals surface area contributed by atoms with Gasteiger partial charge in [-0.2, -0.15) is 0 Å². The predicted molar refractivity (Wildman–Crippen MR) is 72.2 cm³/mol. The number of hydrogen-bond acceptors (Lipinski definition) is 3. The molecule has 2 atom stereocenters. The summed E-state index contributed by atoms with van der Waals surface area (Å²) in [7, 11) is 1.64. The highest BCUT2D eigenvalue weighted by molar-refractivity contribution is 5.93.